The molecule has 1 aliphatic rings. The van der Waals surface area contributed by atoms with Gasteiger partial charge >= 0.3 is 0 Å². The van der Waals surface area contributed by atoms with Crippen LogP contribution < -0.4 is 10.2 Å². The van der Waals surface area contributed by atoms with E-state index in [1.807, 2.05) is 54.1 Å². The van der Waals surface area contributed by atoms with Gasteiger partial charge in [0.05, 0.1) is 12.7 Å². The van der Waals surface area contributed by atoms with Crippen molar-refractivity contribution in [3.05, 3.63) is 77.6 Å². The fourth-order valence-electron chi connectivity index (χ4n) is 3.45. The van der Waals surface area contributed by atoms with Gasteiger partial charge in [-0.15, -0.1) is 0 Å². The highest BCUT2D eigenvalue weighted by molar-refractivity contribution is 5.96. The third-order valence-corrected chi connectivity index (χ3v) is 4.84. The van der Waals surface area contributed by atoms with Crippen molar-refractivity contribution in [1.82, 2.24) is 9.78 Å². The molecule has 0 spiro atoms. The Morgan fingerprint density at radius 2 is 2.00 bits per heavy atom. The lowest BCUT2D eigenvalue weighted by Gasteiger charge is -2.26. The molecule has 5 heteroatoms. The maximum Gasteiger partial charge on any atom is 0.225 e. The summed E-state index contributed by atoms with van der Waals surface area (Å²) >= 11 is 0. The fraction of sp³-hybridized carbons (Fsp3) is 0.238. The summed E-state index contributed by atoms with van der Waals surface area (Å²) in [6.45, 7) is 0.728. The van der Waals surface area contributed by atoms with E-state index in [1.54, 1.807) is 0 Å². The number of aromatic nitrogens is 2. The first kappa shape index (κ1) is 16.4. The van der Waals surface area contributed by atoms with Gasteiger partial charge in [-0.2, -0.15) is 5.10 Å². The van der Waals surface area contributed by atoms with E-state index >= 15 is 0 Å². The molecule has 0 aliphatic carbocycles. The van der Waals surface area contributed by atoms with Gasteiger partial charge in [0.15, 0.2) is 0 Å². The normalized spacial score (nSPS) is 16.1. The summed E-state index contributed by atoms with van der Waals surface area (Å²) in [5.74, 6) is 0.0914. The molecule has 5 nitrogen and oxygen atoms in total. The molecule has 4 rings (SSSR count). The van der Waals surface area contributed by atoms with Gasteiger partial charge in [-0.25, -0.2) is 0 Å². The summed E-state index contributed by atoms with van der Waals surface area (Å²) in [7, 11) is 3.99. The van der Waals surface area contributed by atoms with Crippen LogP contribution in [0.25, 0.3) is 0 Å². The zero-order valence-electron chi connectivity index (χ0n) is 15.0. The number of anilines is 2. The summed E-state index contributed by atoms with van der Waals surface area (Å²) < 4.78 is 1.94. The number of carbonyl (C=O) groups is 1. The minimum Gasteiger partial charge on any atom is -0.378 e. The van der Waals surface area contributed by atoms with Crippen molar-refractivity contribution >= 4 is 17.3 Å². The Bertz CT molecular complexity index is 930. The Labute approximate surface area is 153 Å². The number of carbonyl (C=O) groups excluding carboxylic acids is 1. The molecule has 1 N–H and O–H groups in total. The Balaban J connectivity index is 1.63. The van der Waals surface area contributed by atoms with E-state index in [2.05, 4.69) is 40.9 Å². The second-order valence-corrected chi connectivity index (χ2v) is 6.93. The van der Waals surface area contributed by atoms with Crippen molar-refractivity contribution in [3.63, 3.8) is 0 Å². The first-order valence-corrected chi connectivity index (χ1v) is 8.77. The lowest BCUT2D eigenvalue weighted by molar-refractivity contribution is -0.116. The summed E-state index contributed by atoms with van der Waals surface area (Å²) in [6.07, 6.45) is 4.39. The molecular formula is C21H22N4O. The summed E-state index contributed by atoms with van der Waals surface area (Å²) in [5, 5.41) is 7.52. The first-order chi connectivity index (χ1) is 12.6. The molecular weight excluding hydrogens is 324 g/mol. The smallest absolute Gasteiger partial charge is 0.225 e. The lowest BCUT2D eigenvalue weighted by atomic mass is 9.86. The van der Waals surface area contributed by atoms with Crippen LogP contribution in [0.4, 0.5) is 11.4 Å². The van der Waals surface area contributed by atoms with Crippen LogP contribution >= 0.6 is 0 Å². The molecule has 0 bridgehead atoms. The molecule has 0 fully saturated rings. The lowest BCUT2D eigenvalue weighted by Crippen LogP contribution is -2.24. The van der Waals surface area contributed by atoms with Gasteiger partial charge in [0.1, 0.15) is 0 Å². The third kappa shape index (κ3) is 3.20. The maximum absolute atomic E-state index is 12.2. The summed E-state index contributed by atoms with van der Waals surface area (Å²) in [5.41, 5.74) is 5.40. The van der Waals surface area contributed by atoms with Crippen LogP contribution in [0.1, 0.15) is 29.0 Å². The van der Waals surface area contributed by atoms with Crippen LogP contribution in [0.15, 0.2) is 60.9 Å². The molecule has 1 aromatic heterocycles. The molecule has 2 heterocycles. The van der Waals surface area contributed by atoms with Crippen molar-refractivity contribution < 1.29 is 4.79 Å². The molecule has 2 aromatic carbocycles. The van der Waals surface area contributed by atoms with Gasteiger partial charge in [-0.1, -0.05) is 36.4 Å². The van der Waals surface area contributed by atoms with Gasteiger partial charge in [0, 0.05) is 44.0 Å². The standard InChI is InChI=1S/C21H22N4O/c1-24(2)17-8-9-18-19(11-21(26)23-20(18)10-17)16-12-22-25(14-16)13-15-6-4-3-5-7-15/h3-10,12,14,19H,11,13H2,1-2H3,(H,23,26). The van der Waals surface area contributed by atoms with E-state index < -0.39 is 0 Å². The van der Waals surface area contributed by atoms with Gasteiger partial charge in [-0.3, -0.25) is 9.48 Å². The highest BCUT2D eigenvalue weighted by atomic mass is 16.1. The predicted octanol–water partition coefficient (Wildman–Crippen LogP) is 3.47. The largest absolute Gasteiger partial charge is 0.378 e. The number of fused-ring (bicyclic) bond motifs is 1. The van der Waals surface area contributed by atoms with E-state index in [0.29, 0.717) is 6.42 Å². The number of amides is 1. The number of hydrogen-bond acceptors (Lipinski definition) is 3. The topological polar surface area (TPSA) is 50.2 Å². The summed E-state index contributed by atoms with van der Waals surface area (Å²) in [4.78, 5) is 14.3. The molecule has 132 valence electrons. The van der Waals surface area contributed by atoms with E-state index in [4.69, 9.17) is 0 Å². The highest BCUT2D eigenvalue weighted by Crippen LogP contribution is 2.38. The van der Waals surface area contributed by atoms with Crippen LogP contribution in [-0.2, 0) is 11.3 Å². The number of rotatable bonds is 4. The third-order valence-electron chi connectivity index (χ3n) is 4.84. The van der Waals surface area contributed by atoms with Crippen molar-refractivity contribution in [3.8, 4) is 0 Å². The van der Waals surface area contributed by atoms with E-state index in [9.17, 15) is 4.79 Å². The second kappa shape index (κ2) is 6.67. The number of nitrogens with zero attached hydrogens (tertiary/aromatic N) is 3. The minimum absolute atomic E-state index is 0.0412. The quantitative estimate of drug-likeness (QED) is 0.787. The first-order valence-electron chi connectivity index (χ1n) is 8.77. The Kier molecular flexibility index (Phi) is 4.21. The minimum atomic E-state index is 0.0412. The monoisotopic (exact) mass is 346 g/mol. The Hall–Kier alpha value is -3.08. The Morgan fingerprint density at radius 1 is 1.19 bits per heavy atom. The zero-order chi connectivity index (χ0) is 18.1. The van der Waals surface area contributed by atoms with Crippen molar-refractivity contribution in [2.24, 2.45) is 0 Å². The molecule has 1 unspecified atom stereocenters. The molecule has 1 aliphatic heterocycles. The van der Waals surface area contributed by atoms with Crippen molar-refractivity contribution in [2.75, 3.05) is 24.3 Å². The van der Waals surface area contributed by atoms with Gasteiger partial charge in [-0.05, 0) is 28.8 Å². The van der Waals surface area contributed by atoms with Crippen LogP contribution in [0, 0.1) is 0 Å². The van der Waals surface area contributed by atoms with E-state index in [0.717, 1.165) is 29.0 Å². The average Bonchev–Trinajstić information content (AvgIpc) is 3.09. The maximum atomic E-state index is 12.2. The van der Waals surface area contributed by atoms with Crippen LogP contribution in [-0.4, -0.2) is 29.8 Å². The van der Waals surface area contributed by atoms with Crippen molar-refractivity contribution in [1.29, 1.82) is 0 Å². The predicted molar refractivity (Wildman–Crippen MR) is 104 cm³/mol. The van der Waals surface area contributed by atoms with Gasteiger partial charge in [0.25, 0.3) is 0 Å². The molecule has 3 aromatic rings. The Morgan fingerprint density at radius 3 is 2.77 bits per heavy atom. The van der Waals surface area contributed by atoms with Crippen molar-refractivity contribution in [2.45, 2.75) is 18.9 Å². The SMILES string of the molecule is CN(C)c1ccc2c(c1)NC(=O)CC2c1cnn(Cc2ccccc2)c1. The second-order valence-electron chi connectivity index (χ2n) is 6.93. The number of benzene rings is 2. The van der Waals surface area contributed by atoms with Crippen LogP contribution in [0.3, 0.4) is 0 Å². The van der Waals surface area contributed by atoms with Crippen LogP contribution in [0.2, 0.25) is 0 Å². The molecule has 0 saturated carbocycles. The molecule has 0 saturated heterocycles. The molecule has 1 amide bonds. The van der Waals surface area contributed by atoms with Gasteiger partial charge < -0.3 is 10.2 Å². The number of nitrogens with one attached hydrogen (secondary N) is 1. The average molecular weight is 346 g/mol. The number of hydrogen-bond donors (Lipinski definition) is 1. The molecule has 1 atom stereocenters. The summed E-state index contributed by atoms with van der Waals surface area (Å²) in [6, 6.07) is 16.5. The molecule has 26 heavy (non-hydrogen) atoms. The van der Waals surface area contributed by atoms with Gasteiger partial charge in [0.2, 0.25) is 5.91 Å². The van der Waals surface area contributed by atoms with Crippen LogP contribution in [0.5, 0.6) is 0 Å². The van der Waals surface area contributed by atoms with E-state index in [1.165, 1.54) is 5.56 Å². The zero-order valence-corrected chi connectivity index (χ0v) is 15.0. The van der Waals surface area contributed by atoms with E-state index in [-0.39, 0.29) is 11.8 Å². The molecule has 0 radical (unpaired) electrons. The fourth-order valence-corrected chi connectivity index (χ4v) is 3.45. The highest BCUT2D eigenvalue weighted by Gasteiger charge is 2.27.